The molecule has 4 heterocycles. The van der Waals surface area contributed by atoms with Gasteiger partial charge in [0.1, 0.15) is 45.0 Å². The number of hydrogen-bond acceptors (Lipinski definition) is 6. The molecule has 107 heavy (non-hydrogen) atoms. The fourth-order valence-corrected chi connectivity index (χ4v) is 18.8. The van der Waals surface area contributed by atoms with E-state index in [1.54, 1.807) is 0 Å². The summed E-state index contributed by atoms with van der Waals surface area (Å²) in [6.45, 7) is 14.2. The highest BCUT2D eigenvalue weighted by atomic mass is 16.3. The topological polar surface area (TPSA) is 59.0 Å². The molecule has 0 spiro atoms. The molecule has 0 saturated carbocycles. The second-order valence-electron chi connectivity index (χ2n) is 31.6. The van der Waals surface area contributed by atoms with Gasteiger partial charge in [-0.2, -0.15) is 0 Å². The van der Waals surface area contributed by atoms with Crippen molar-refractivity contribution < 1.29 is 17.7 Å². The van der Waals surface area contributed by atoms with Crippen LogP contribution in [-0.2, 0) is 16.2 Å². The van der Waals surface area contributed by atoms with Gasteiger partial charge in [0.05, 0.1) is 0 Å². The van der Waals surface area contributed by atoms with E-state index in [9.17, 15) is 0 Å². The van der Waals surface area contributed by atoms with Gasteiger partial charge < -0.3 is 27.5 Å². The Labute approximate surface area is 617 Å². The predicted octanol–water partition coefficient (Wildman–Crippen LogP) is 28.8. The van der Waals surface area contributed by atoms with Gasteiger partial charge in [0, 0.05) is 106 Å². The molecular weight excluding hydrogens is 1310 g/mol. The first-order valence-corrected chi connectivity index (χ1v) is 37.2. The Morgan fingerprint density at radius 2 is 0.505 bits per heavy atom. The van der Waals surface area contributed by atoms with Gasteiger partial charge in [0.2, 0.25) is 0 Å². The fraction of sp³-hybridized carbons (Fsp3) is 0.0891. The minimum Gasteiger partial charge on any atom is -0.456 e. The smallest absolute Gasteiger partial charge is 0.137 e. The molecule has 0 bridgehead atoms. The van der Waals surface area contributed by atoms with Crippen LogP contribution in [-0.4, -0.2) is 0 Å². The average Bonchev–Trinajstić information content (AvgIpc) is 1.61. The normalized spacial score (nSPS) is 14.3. The molecule has 0 saturated heterocycles. The lowest BCUT2D eigenvalue weighted by Gasteiger charge is -2.28. The number of furan rings is 4. The summed E-state index contributed by atoms with van der Waals surface area (Å²) in [4.78, 5) is 4.82. The van der Waals surface area contributed by atoms with Gasteiger partial charge in [0.25, 0.3) is 0 Å². The molecule has 4 aromatic heterocycles. The van der Waals surface area contributed by atoms with Crippen molar-refractivity contribution >= 4 is 143 Å². The van der Waals surface area contributed by atoms with Crippen molar-refractivity contribution in [3.8, 4) is 56.0 Å². The summed E-state index contributed by atoms with van der Waals surface area (Å²) in [6.07, 6.45) is 0. The van der Waals surface area contributed by atoms with Gasteiger partial charge in [-0.25, -0.2) is 0 Å². The minimum absolute atomic E-state index is 0.235. The lowest BCUT2D eigenvalue weighted by atomic mass is 9.81. The summed E-state index contributed by atoms with van der Waals surface area (Å²) in [5.74, 6) is 1.72. The Kier molecular flexibility index (Phi) is 12.1. The summed E-state index contributed by atoms with van der Waals surface area (Å²) >= 11 is 0. The van der Waals surface area contributed by atoms with Crippen LogP contribution >= 0.6 is 0 Å². The van der Waals surface area contributed by atoms with Gasteiger partial charge in [0.15, 0.2) is 0 Å². The van der Waals surface area contributed by atoms with Gasteiger partial charge in [-0.15, -0.1) is 0 Å². The van der Waals surface area contributed by atoms with Gasteiger partial charge in [-0.3, -0.25) is 0 Å². The Morgan fingerprint density at radius 1 is 0.196 bits per heavy atom. The van der Waals surface area contributed by atoms with E-state index in [1.165, 1.54) is 77.2 Å². The highest BCUT2D eigenvalue weighted by Crippen LogP contribution is 2.57. The van der Waals surface area contributed by atoms with Crippen molar-refractivity contribution in [2.45, 2.75) is 57.8 Å². The predicted molar refractivity (Wildman–Crippen MR) is 443 cm³/mol. The second-order valence-corrected chi connectivity index (χ2v) is 31.6. The standard InChI is InChI=1S/C101H68N2O4/c1-99(2)85-45-59-17-9-7-15-57(59)43-79(85)75-35-31-71(49-87(75)99)102(69-29-27-61-39-67(25-23-63(61)41-69)93-47-65-19-11-13-21-91(65)104-93)73-33-37-77-83-53-89-81(55-97(83)106-95(77)51-73)82-56-98-84(54-90(82)101(89,5)6)78-38-34-74(52-96(78)107-98)103(70-30-28-62-40-68(26-24-64(62)42-70)94-48-66-20-12-14-22-92(66)105-94)72-32-36-76-80-44-58-16-8-10-18-60(58)46-86(80)100(3,4)88(76)50-72/h7-56H,1-6H3. The molecule has 0 aliphatic heterocycles. The number of anilines is 6. The van der Waals surface area contributed by atoms with Crippen LogP contribution in [0.4, 0.5) is 34.1 Å². The molecule has 0 amide bonds. The van der Waals surface area contributed by atoms with Crippen LogP contribution in [0.15, 0.2) is 321 Å². The number of para-hydroxylation sites is 2. The molecule has 0 atom stereocenters. The molecule has 20 aromatic rings. The van der Waals surface area contributed by atoms with Gasteiger partial charge in [-0.1, -0.05) is 175 Å². The van der Waals surface area contributed by atoms with Crippen LogP contribution in [0, 0.1) is 0 Å². The fourth-order valence-electron chi connectivity index (χ4n) is 18.8. The zero-order valence-electron chi connectivity index (χ0n) is 59.9. The monoisotopic (exact) mass is 1370 g/mol. The number of rotatable bonds is 8. The first kappa shape index (κ1) is 60.3. The molecule has 0 unspecified atom stereocenters. The number of hydrogen-bond donors (Lipinski definition) is 0. The maximum Gasteiger partial charge on any atom is 0.137 e. The SMILES string of the molecule is CC1(C)c2cc(N(c3ccc4cc(-c5cc6ccccc6o5)ccc4c3)c3ccc4c(c3)oc3cc5c(cc34)C(C)(C)c3cc4c(cc3-5)oc3cc(N(c5ccc6c(c5)C(C)(C)c5cc7ccccc7cc5-6)c5ccc6cc(-c7cc8ccccc8o7)ccc6c5)ccc34)ccc2-c2cc3ccccc3cc21. The van der Waals surface area contributed by atoms with Crippen LogP contribution in [0.2, 0.25) is 0 Å². The number of nitrogens with zero attached hydrogens (tertiary/aromatic N) is 2. The second kappa shape index (κ2) is 21.5. The quantitative estimate of drug-likeness (QED) is 0.151. The van der Waals surface area contributed by atoms with Crippen LogP contribution in [0.5, 0.6) is 0 Å². The zero-order valence-corrected chi connectivity index (χ0v) is 59.9. The van der Waals surface area contributed by atoms with Crippen molar-refractivity contribution in [3.63, 3.8) is 0 Å². The average molecular weight is 1370 g/mol. The summed E-state index contributed by atoms with van der Waals surface area (Å²) in [5.41, 5.74) is 28.1. The molecule has 0 fully saturated rings. The first-order valence-electron chi connectivity index (χ1n) is 37.2. The van der Waals surface area contributed by atoms with Crippen molar-refractivity contribution in [1.29, 1.82) is 0 Å². The van der Waals surface area contributed by atoms with E-state index in [4.69, 9.17) is 17.7 Å². The Bertz CT molecular complexity index is 6830. The molecule has 6 nitrogen and oxygen atoms in total. The molecule has 6 heteroatoms. The molecule has 0 radical (unpaired) electrons. The molecule has 3 aliphatic carbocycles. The minimum atomic E-state index is -0.332. The van der Waals surface area contributed by atoms with Gasteiger partial charge >= 0.3 is 0 Å². The van der Waals surface area contributed by atoms with E-state index in [1.807, 2.05) is 24.3 Å². The van der Waals surface area contributed by atoms with Crippen molar-refractivity contribution in [2.24, 2.45) is 0 Å². The van der Waals surface area contributed by atoms with E-state index < -0.39 is 0 Å². The zero-order chi connectivity index (χ0) is 71.1. The van der Waals surface area contributed by atoms with Gasteiger partial charge in [-0.05, 0) is 268 Å². The number of fused-ring (bicyclic) bond motifs is 21. The molecule has 0 N–H and O–H groups in total. The number of benzene rings is 16. The highest BCUT2D eigenvalue weighted by molar-refractivity contribution is 6.12. The molecular formula is C101H68N2O4. The van der Waals surface area contributed by atoms with Crippen LogP contribution in [0.25, 0.3) is 165 Å². The van der Waals surface area contributed by atoms with Crippen LogP contribution in [0.1, 0.15) is 74.9 Å². The van der Waals surface area contributed by atoms with Crippen molar-refractivity contribution in [2.75, 3.05) is 9.80 Å². The van der Waals surface area contributed by atoms with E-state index in [2.05, 4.69) is 330 Å². The Morgan fingerprint density at radius 3 is 0.935 bits per heavy atom. The largest absolute Gasteiger partial charge is 0.456 e. The Balaban J connectivity index is 0.625. The van der Waals surface area contributed by atoms with Crippen LogP contribution < -0.4 is 9.80 Å². The van der Waals surface area contributed by atoms with Crippen molar-refractivity contribution in [3.05, 3.63) is 337 Å². The van der Waals surface area contributed by atoms with E-state index in [0.29, 0.717) is 0 Å². The molecule has 3 aliphatic rings. The summed E-state index contributed by atoms with van der Waals surface area (Å²) in [6, 6.07) is 112. The van der Waals surface area contributed by atoms with Crippen molar-refractivity contribution in [1.82, 2.24) is 0 Å². The maximum absolute atomic E-state index is 7.16. The summed E-state index contributed by atoms with van der Waals surface area (Å²) in [5, 5.41) is 16.1. The molecule has 23 rings (SSSR count). The highest BCUT2D eigenvalue weighted by Gasteiger charge is 2.40. The maximum atomic E-state index is 7.16. The summed E-state index contributed by atoms with van der Waals surface area (Å²) < 4.78 is 27.0. The third-order valence-electron chi connectivity index (χ3n) is 24.5. The lowest BCUT2D eigenvalue weighted by Crippen LogP contribution is -2.16. The third-order valence-corrected chi connectivity index (χ3v) is 24.5. The Hall–Kier alpha value is -13.2. The first-order chi connectivity index (χ1) is 52.2. The molecule has 16 aromatic carbocycles. The third kappa shape index (κ3) is 8.81. The van der Waals surface area contributed by atoms with E-state index in [-0.39, 0.29) is 16.2 Å². The molecule has 506 valence electrons. The summed E-state index contributed by atoms with van der Waals surface area (Å²) in [7, 11) is 0. The van der Waals surface area contributed by atoms with Crippen LogP contribution in [0.3, 0.4) is 0 Å². The lowest BCUT2D eigenvalue weighted by molar-refractivity contribution is 0.631. The van der Waals surface area contributed by atoms with E-state index in [0.717, 1.165) is 155 Å². The van der Waals surface area contributed by atoms with E-state index >= 15 is 0 Å².